The second-order valence-corrected chi connectivity index (χ2v) is 9.77. The first-order chi connectivity index (χ1) is 17.8. The Morgan fingerprint density at radius 2 is 1.97 bits per heavy atom. The molecule has 2 atom stereocenters. The molecule has 1 aromatic carbocycles. The van der Waals surface area contributed by atoms with Crippen LogP contribution in [0.1, 0.15) is 49.9 Å². The van der Waals surface area contributed by atoms with Gasteiger partial charge in [0.05, 0.1) is 12.2 Å². The van der Waals surface area contributed by atoms with E-state index in [2.05, 4.69) is 34.4 Å². The highest BCUT2D eigenvalue weighted by molar-refractivity contribution is 5.99. The molecule has 198 valence electrons. The van der Waals surface area contributed by atoms with Crippen LogP contribution in [0.5, 0.6) is 5.88 Å². The number of primary amides is 1. The third kappa shape index (κ3) is 6.84. The van der Waals surface area contributed by atoms with Crippen LogP contribution in [-0.2, 0) is 4.74 Å². The van der Waals surface area contributed by atoms with E-state index in [1.165, 1.54) is 0 Å². The minimum absolute atomic E-state index is 0.0372. The topological polar surface area (TPSA) is 137 Å². The van der Waals surface area contributed by atoms with Gasteiger partial charge in [0.25, 0.3) is 5.91 Å². The fourth-order valence-electron chi connectivity index (χ4n) is 4.38. The van der Waals surface area contributed by atoms with Crippen molar-refractivity contribution in [1.82, 2.24) is 9.97 Å². The number of hydrogen-bond acceptors (Lipinski definition) is 8. The van der Waals surface area contributed by atoms with E-state index in [0.717, 1.165) is 42.5 Å². The zero-order valence-corrected chi connectivity index (χ0v) is 21.3. The molecule has 6 N–H and O–H groups in total. The largest absolute Gasteiger partial charge is 0.475 e. The third-order valence-corrected chi connectivity index (χ3v) is 6.29. The zero-order valence-electron chi connectivity index (χ0n) is 21.3. The van der Waals surface area contributed by atoms with E-state index in [1.54, 1.807) is 6.20 Å². The standard InChI is InChI=1S/C27H35FN6O3/c1-16(2)15-36-11-12-37-27-19-8-7-18(13-17(19)9-10-31-27)32-25-20(24(30)35)14-21(28)26(34-25)33-23-6-4-3-5-22(23)29/h7-10,13-14,16,22-23H,3-6,11-12,15,29H2,1-2H3,(H2,30,35)(H2,32,33,34). The Labute approximate surface area is 216 Å². The number of rotatable bonds is 11. The number of anilines is 3. The molecule has 2 unspecified atom stereocenters. The fourth-order valence-corrected chi connectivity index (χ4v) is 4.38. The Morgan fingerprint density at radius 3 is 2.73 bits per heavy atom. The summed E-state index contributed by atoms with van der Waals surface area (Å²) in [4.78, 5) is 20.8. The Morgan fingerprint density at radius 1 is 1.16 bits per heavy atom. The maximum absolute atomic E-state index is 14.8. The molecule has 1 fully saturated rings. The number of pyridine rings is 2. The second kappa shape index (κ2) is 12.2. The van der Waals surface area contributed by atoms with Crippen molar-refractivity contribution in [2.24, 2.45) is 17.4 Å². The molecule has 0 bridgehead atoms. The van der Waals surface area contributed by atoms with Gasteiger partial charge in [-0.05, 0) is 54.5 Å². The van der Waals surface area contributed by atoms with Crippen molar-refractivity contribution >= 4 is 34.0 Å². The minimum atomic E-state index is -0.782. The van der Waals surface area contributed by atoms with Crippen molar-refractivity contribution in [3.05, 3.63) is 47.9 Å². The van der Waals surface area contributed by atoms with Gasteiger partial charge in [-0.1, -0.05) is 26.7 Å². The molecule has 2 heterocycles. The number of benzene rings is 1. The van der Waals surface area contributed by atoms with Crippen molar-refractivity contribution in [1.29, 1.82) is 0 Å². The monoisotopic (exact) mass is 510 g/mol. The molecule has 4 rings (SSSR count). The summed E-state index contributed by atoms with van der Waals surface area (Å²) in [5, 5.41) is 7.94. The Balaban J connectivity index is 1.53. The number of aromatic nitrogens is 2. The molecule has 9 nitrogen and oxygen atoms in total. The quantitative estimate of drug-likeness (QED) is 0.280. The number of nitrogens with one attached hydrogen (secondary N) is 2. The maximum atomic E-state index is 14.8. The highest BCUT2D eigenvalue weighted by atomic mass is 19.1. The summed E-state index contributed by atoms with van der Waals surface area (Å²) in [6.07, 6.45) is 5.43. The van der Waals surface area contributed by atoms with Crippen molar-refractivity contribution in [3.63, 3.8) is 0 Å². The van der Waals surface area contributed by atoms with Crippen molar-refractivity contribution < 1.29 is 18.7 Å². The number of ether oxygens (including phenoxy) is 2. The smallest absolute Gasteiger partial charge is 0.252 e. The van der Waals surface area contributed by atoms with E-state index in [0.29, 0.717) is 37.3 Å². The molecule has 3 aromatic rings. The van der Waals surface area contributed by atoms with Gasteiger partial charge < -0.3 is 31.6 Å². The van der Waals surface area contributed by atoms with Crippen molar-refractivity contribution in [2.45, 2.75) is 51.6 Å². The molecule has 0 spiro atoms. The Hall–Kier alpha value is -3.50. The van der Waals surface area contributed by atoms with E-state index in [4.69, 9.17) is 20.9 Å². The Bertz CT molecular complexity index is 1240. The zero-order chi connectivity index (χ0) is 26.4. The van der Waals surface area contributed by atoms with E-state index in [-0.39, 0.29) is 29.3 Å². The lowest BCUT2D eigenvalue weighted by Crippen LogP contribution is -2.43. The summed E-state index contributed by atoms with van der Waals surface area (Å²) in [6, 6.07) is 8.33. The number of nitrogens with zero attached hydrogens (tertiary/aromatic N) is 2. The van der Waals surface area contributed by atoms with Crippen LogP contribution in [0.15, 0.2) is 36.5 Å². The van der Waals surface area contributed by atoms with Gasteiger partial charge in [-0.2, -0.15) is 0 Å². The molecule has 1 aliphatic rings. The fraction of sp³-hybridized carbons (Fsp3) is 0.444. The lowest BCUT2D eigenvalue weighted by molar-refractivity contribution is 0.0811. The number of nitrogens with two attached hydrogens (primary N) is 2. The summed E-state index contributed by atoms with van der Waals surface area (Å²) in [7, 11) is 0. The number of carbonyl (C=O) groups is 1. The number of hydrogen-bond donors (Lipinski definition) is 4. The van der Waals surface area contributed by atoms with Crippen LogP contribution in [0.3, 0.4) is 0 Å². The van der Waals surface area contributed by atoms with Gasteiger partial charge in [-0.25, -0.2) is 14.4 Å². The SMILES string of the molecule is CC(C)COCCOc1nccc2cc(Nc3nc(NC4CCCCC4N)c(F)cc3C(N)=O)ccc12. The Kier molecular flexibility index (Phi) is 8.73. The lowest BCUT2D eigenvalue weighted by atomic mass is 9.91. The van der Waals surface area contributed by atoms with Crippen LogP contribution in [0, 0.1) is 11.7 Å². The maximum Gasteiger partial charge on any atom is 0.252 e. The molecule has 10 heteroatoms. The molecule has 37 heavy (non-hydrogen) atoms. The van der Waals surface area contributed by atoms with Gasteiger partial charge in [0, 0.05) is 36.0 Å². The van der Waals surface area contributed by atoms with Crippen LogP contribution < -0.4 is 26.8 Å². The molecule has 0 saturated heterocycles. The predicted molar refractivity (Wildman–Crippen MR) is 143 cm³/mol. The normalized spacial score (nSPS) is 17.6. The highest BCUT2D eigenvalue weighted by Gasteiger charge is 2.24. The van der Waals surface area contributed by atoms with E-state index >= 15 is 0 Å². The highest BCUT2D eigenvalue weighted by Crippen LogP contribution is 2.30. The summed E-state index contributed by atoms with van der Waals surface area (Å²) in [5.41, 5.74) is 12.3. The average molecular weight is 511 g/mol. The van der Waals surface area contributed by atoms with Crippen molar-refractivity contribution in [3.8, 4) is 5.88 Å². The average Bonchev–Trinajstić information content (AvgIpc) is 2.86. The molecule has 0 radical (unpaired) electrons. The summed E-state index contributed by atoms with van der Waals surface area (Å²) >= 11 is 0. The first-order valence-corrected chi connectivity index (χ1v) is 12.7. The van der Waals surface area contributed by atoms with Crippen LogP contribution in [0.2, 0.25) is 0 Å². The van der Waals surface area contributed by atoms with E-state index < -0.39 is 11.7 Å². The molecule has 0 aliphatic heterocycles. The third-order valence-electron chi connectivity index (χ3n) is 6.29. The van der Waals surface area contributed by atoms with Gasteiger partial charge >= 0.3 is 0 Å². The van der Waals surface area contributed by atoms with Gasteiger partial charge in [0.15, 0.2) is 11.6 Å². The molecule has 1 aliphatic carbocycles. The number of halogens is 1. The minimum Gasteiger partial charge on any atom is -0.475 e. The molecule has 1 amide bonds. The van der Waals surface area contributed by atoms with Gasteiger partial charge in [-0.3, -0.25) is 4.79 Å². The van der Waals surface area contributed by atoms with Crippen LogP contribution in [-0.4, -0.2) is 47.8 Å². The number of carbonyl (C=O) groups excluding carboxylic acids is 1. The van der Waals surface area contributed by atoms with Gasteiger partial charge in [0.1, 0.15) is 12.4 Å². The van der Waals surface area contributed by atoms with Crippen LogP contribution >= 0.6 is 0 Å². The first-order valence-electron chi connectivity index (χ1n) is 12.7. The molecule has 2 aromatic heterocycles. The van der Waals surface area contributed by atoms with Crippen LogP contribution in [0.25, 0.3) is 10.8 Å². The predicted octanol–water partition coefficient (Wildman–Crippen LogP) is 4.34. The summed E-state index contributed by atoms with van der Waals surface area (Å²) in [5.74, 6) is -0.270. The summed E-state index contributed by atoms with van der Waals surface area (Å²) in [6.45, 7) is 5.73. The van der Waals surface area contributed by atoms with E-state index in [1.807, 2.05) is 24.3 Å². The van der Waals surface area contributed by atoms with Gasteiger partial charge in [0.2, 0.25) is 5.88 Å². The summed E-state index contributed by atoms with van der Waals surface area (Å²) < 4.78 is 26.2. The number of fused-ring (bicyclic) bond motifs is 1. The first kappa shape index (κ1) is 26.6. The van der Waals surface area contributed by atoms with Crippen molar-refractivity contribution in [2.75, 3.05) is 30.5 Å². The molecular formula is C27H35FN6O3. The lowest BCUT2D eigenvalue weighted by Gasteiger charge is -2.30. The van der Waals surface area contributed by atoms with E-state index in [9.17, 15) is 9.18 Å². The number of amides is 1. The molecular weight excluding hydrogens is 475 g/mol. The molecule has 1 saturated carbocycles. The van der Waals surface area contributed by atoms with Crippen LogP contribution in [0.4, 0.5) is 21.7 Å². The second-order valence-electron chi connectivity index (χ2n) is 9.77. The van der Waals surface area contributed by atoms with Gasteiger partial charge in [-0.15, -0.1) is 0 Å².